The highest BCUT2D eigenvalue weighted by Gasteiger charge is 2.39. The number of alkyl halides is 2. The number of methoxy groups -OCH3 is 1. The van der Waals surface area contributed by atoms with Gasteiger partial charge in [-0.15, -0.1) is 0 Å². The number of nitrogens with one attached hydrogen (secondary N) is 2. The van der Waals surface area contributed by atoms with Crippen LogP contribution in [0.25, 0.3) is 16.9 Å². The fraction of sp³-hybridized carbons (Fsp3) is 0.227. The van der Waals surface area contributed by atoms with Crippen molar-refractivity contribution in [3.05, 3.63) is 160 Å². The van der Waals surface area contributed by atoms with Crippen LogP contribution in [0, 0.1) is 19.7 Å². The van der Waals surface area contributed by atoms with E-state index in [-0.39, 0.29) is 24.9 Å². The molecule has 1 unspecified atom stereocenters. The maximum Gasteiger partial charge on any atom is 0.287 e. The highest BCUT2D eigenvalue weighted by molar-refractivity contribution is 5.86. The lowest BCUT2D eigenvalue weighted by atomic mass is 9.95. The SMILES string of the molecule is COc1cnc(N2C3=CC(F)(F)C=C(CN)C3=CC2C)nc1NCc1ccccc1.Cc1cnc(-n2c(C)cc3c(CN)cc(F)cc32)nc1NCc1ccccc1. The molecule has 3 aromatic carbocycles. The largest absolute Gasteiger partial charge is 0.491 e. The van der Waals surface area contributed by atoms with Crippen LogP contribution in [0.2, 0.25) is 0 Å². The number of fused-ring (bicyclic) bond motifs is 2. The Morgan fingerprint density at radius 2 is 1.45 bits per heavy atom. The molecule has 298 valence electrons. The monoisotopic (exact) mass is 786 g/mol. The number of nitrogens with two attached hydrogens (primary N) is 2. The number of hydrogen-bond acceptors (Lipinski definition) is 10. The maximum atomic E-state index is 14.3. The van der Waals surface area contributed by atoms with Crippen molar-refractivity contribution < 1.29 is 17.9 Å². The average molecular weight is 787 g/mol. The Morgan fingerprint density at radius 1 is 0.810 bits per heavy atom. The number of benzene rings is 3. The number of nitrogens with zero attached hydrogens (tertiary/aromatic N) is 6. The normalized spacial score (nSPS) is 15.5. The van der Waals surface area contributed by atoms with Crippen molar-refractivity contribution in [1.29, 1.82) is 0 Å². The first kappa shape index (κ1) is 39.7. The summed E-state index contributed by atoms with van der Waals surface area (Å²) in [7, 11) is 1.53. The van der Waals surface area contributed by atoms with E-state index in [0.717, 1.165) is 51.3 Å². The molecule has 1 aliphatic carbocycles. The summed E-state index contributed by atoms with van der Waals surface area (Å²) in [4.78, 5) is 19.9. The lowest BCUT2D eigenvalue weighted by molar-refractivity contribution is 0.108. The molecule has 0 saturated carbocycles. The molecule has 8 rings (SSSR count). The second-order valence-electron chi connectivity index (χ2n) is 14.1. The molecule has 1 atom stereocenters. The molecule has 3 aromatic heterocycles. The summed E-state index contributed by atoms with van der Waals surface area (Å²) in [5.74, 6) is -0.866. The van der Waals surface area contributed by atoms with Gasteiger partial charge in [0.1, 0.15) is 11.6 Å². The van der Waals surface area contributed by atoms with E-state index in [1.807, 2.05) is 86.0 Å². The molecule has 0 fully saturated rings. The average Bonchev–Trinajstić information content (AvgIpc) is 3.74. The van der Waals surface area contributed by atoms with Crippen LogP contribution >= 0.6 is 0 Å². The number of hydrogen-bond donors (Lipinski definition) is 4. The molecule has 6 aromatic rings. The summed E-state index contributed by atoms with van der Waals surface area (Å²) in [5.41, 5.74) is 18.6. The van der Waals surface area contributed by atoms with Gasteiger partial charge >= 0.3 is 0 Å². The fourth-order valence-electron chi connectivity index (χ4n) is 7.11. The molecule has 0 spiro atoms. The number of rotatable bonds is 11. The number of allylic oxidation sites excluding steroid dienone is 3. The third-order valence-electron chi connectivity index (χ3n) is 9.93. The summed E-state index contributed by atoms with van der Waals surface area (Å²) in [6.07, 6.45) is 7.09. The Bertz CT molecular complexity index is 2520. The first-order valence-electron chi connectivity index (χ1n) is 18.8. The van der Waals surface area contributed by atoms with Gasteiger partial charge in [0.05, 0.1) is 30.6 Å². The Morgan fingerprint density at radius 3 is 2.09 bits per heavy atom. The van der Waals surface area contributed by atoms with E-state index in [9.17, 15) is 13.2 Å². The molecule has 0 amide bonds. The van der Waals surface area contributed by atoms with Gasteiger partial charge in [0, 0.05) is 60.7 Å². The molecular formula is C44H45F3N10O. The van der Waals surface area contributed by atoms with Gasteiger partial charge in [-0.25, -0.2) is 14.4 Å². The van der Waals surface area contributed by atoms with E-state index in [4.69, 9.17) is 21.2 Å². The van der Waals surface area contributed by atoms with Gasteiger partial charge in [0.2, 0.25) is 11.9 Å². The van der Waals surface area contributed by atoms with E-state index in [1.165, 1.54) is 24.8 Å². The van der Waals surface area contributed by atoms with Crippen LogP contribution in [0.4, 0.5) is 30.8 Å². The van der Waals surface area contributed by atoms with E-state index >= 15 is 0 Å². The summed E-state index contributed by atoms with van der Waals surface area (Å²) in [6.45, 7) is 7.33. The maximum absolute atomic E-state index is 14.3. The first-order valence-corrected chi connectivity index (χ1v) is 18.8. The van der Waals surface area contributed by atoms with Crippen molar-refractivity contribution in [2.45, 2.75) is 52.4 Å². The van der Waals surface area contributed by atoms with Gasteiger partial charge < -0.3 is 31.7 Å². The van der Waals surface area contributed by atoms with Crippen molar-refractivity contribution in [3.63, 3.8) is 0 Å². The first-order chi connectivity index (χ1) is 28.0. The van der Waals surface area contributed by atoms with Crippen LogP contribution < -0.4 is 31.7 Å². The molecule has 0 saturated heterocycles. The molecule has 1 aliphatic heterocycles. The smallest absolute Gasteiger partial charge is 0.287 e. The standard InChI is InChI=1S/C22H23F2N5O.C22H22FN5/c1-14-8-17-16(11-25)9-22(23,24)10-18(17)29(14)21-27-13-19(30-2)20(28-21)26-12-15-6-4-3-5-7-15;1-14-12-26-22(27-21(14)25-13-16-6-4-3-5-7-16)28-15(2)8-19-17(11-24)9-18(23)10-20(19)28/h3-10,13-14H,11-12,25H2,1-2H3,(H,26,27,28);3-10,12H,11,13,24H2,1-2H3,(H,25,26,27). The summed E-state index contributed by atoms with van der Waals surface area (Å²) in [5, 5.41) is 7.54. The van der Waals surface area contributed by atoms with Gasteiger partial charge in [-0.2, -0.15) is 18.7 Å². The van der Waals surface area contributed by atoms with Crippen LogP contribution in [0.5, 0.6) is 5.75 Å². The van der Waals surface area contributed by atoms with Crippen molar-refractivity contribution in [1.82, 2.24) is 24.5 Å². The minimum Gasteiger partial charge on any atom is -0.491 e. The lowest BCUT2D eigenvalue weighted by Gasteiger charge is -2.28. The van der Waals surface area contributed by atoms with E-state index in [0.29, 0.717) is 53.4 Å². The Kier molecular flexibility index (Phi) is 11.6. The molecule has 2 aliphatic rings. The number of aryl methyl sites for hydroxylation is 2. The number of ether oxygens (including phenoxy) is 1. The molecule has 11 nitrogen and oxygen atoms in total. The predicted molar refractivity (Wildman–Crippen MR) is 223 cm³/mol. The fourth-order valence-corrected chi connectivity index (χ4v) is 7.11. The van der Waals surface area contributed by atoms with Crippen molar-refractivity contribution in [2.24, 2.45) is 11.5 Å². The topological polar surface area (TPSA) is 145 Å². The van der Waals surface area contributed by atoms with Gasteiger partial charge in [0.15, 0.2) is 11.6 Å². The molecule has 58 heavy (non-hydrogen) atoms. The van der Waals surface area contributed by atoms with Crippen molar-refractivity contribution in [2.75, 3.05) is 29.2 Å². The van der Waals surface area contributed by atoms with Crippen LogP contribution in [0.3, 0.4) is 0 Å². The minimum atomic E-state index is -3.08. The van der Waals surface area contributed by atoms with Gasteiger partial charge in [-0.1, -0.05) is 66.7 Å². The van der Waals surface area contributed by atoms with Gasteiger partial charge in [0.25, 0.3) is 5.92 Å². The van der Waals surface area contributed by atoms with Crippen molar-refractivity contribution >= 4 is 28.5 Å². The van der Waals surface area contributed by atoms with E-state index in [1.54, 1.807) is 17.3 Å². The van der Waals surface area contributed by atoms with Gasteiger partial charge in [-0.05, 0) is 67.3 Å². The molecular weight excluding hydrogens is 742 g/mol. The molecule has 0 radical (unpaired) electrons. The Hall–Kier alpha value is -6.51. The zero-order valence-electron chi connectivity index (χ0n) is 32.7. The number of aromatic nitrogens is 5. The third kappa shape index (κ3) is 8.43. The highest BCUT2D eigenvalue weighted by atomic mass is 19.3. The summed E-state index contributed by atoms with van der Waals surface area (Å²) >= 11 is 0. The highest BCUT2D eigenvalue weighted by Crippen LogP contribution is 2.42. The molecule has 0 bridgehead atoms. The lowest BCUT2D eigenvalue weighted by Crippen LogP contribution is -2.31. The molecule has 14 heteroatoms. The second-order valence-corrected chi connectivity index (χ2v) is 14.1. The van der Waals surface area contributed by atoms with Crippen LogP contribution in [-0.4, -0.2) is 50.1 Å². The molecule has 6 N–H and O–H groups in total. The van der Waals surface area contributed by atoms with Crippen LogP contribution in [0.1, 0.15) is 34.9 Å². The Balaban J connectivity index is 0.000000177. The zero-order chi connectivity index (χ0) is 41.0. The Labute approximate surface area is 335 Å². The van der Waals surface area contributed by atoms with Crippen molar-refractivity contribution in [3.8, 4) is 11.7 Å². The van der Waals surface area contributed by atoms with Crippen LogP contribution in [-0.2, 0) is 19.6 Å². The summed E-state index contributed by atoms with van der Waals surface area (Å²) in [6, 6.07) is 24.8. The minimum absolute atomic E-state index is 0.0344. The van der Waals surface area contributed by atoms with Gasteiger partial charge in [-0.3, -0.25) is 4.57 Å². The predicted octanol–water partition coefficient (Wildman–Crippen LogP) is 7.90. The van der Waals surface area contributed by atoms with E-state index in [2.05, 4.69) is 37.7 Å². The number of anilines is 3. The zero-order valence-corrected chi connectivity index (χ0v) is 32.7. The van der Waals surface area contributed by atoms with E-state index < -0.39 is 5.92 Å². The number of halogens is 3. The van der Waals surface area contributed by atoms with Crippen LogP contribution in [0.15, 0.2) is 126 Å². The molecule has 4 heterocycles. The second kappa shape index (κ2) is 16.9. The third-order valence-corrected chi connectivity index (χ3v) is 9.93. The quantitative estimate of drug-likeness (QED) is 0.102. The summed E-state index contributed by atoms with van der Waals surface area (Å²) < 4.78 is 49.9.